The van der Waals surface area contributed by atoms with Crippen LogP contribution in [0.25, 0.3) is 65.7 Å². The minimum absolute atomic E-state index is 0.481. The van der Waals surface area contributed by atoms with E-state index < -0.39 is 0 Å². The van der Waals surface area contributed by atoms with Gasteiger partial charge in [-0.25, -0.2) is 9.98 Å². The predicted octanol–water partition coefficient (Wildman–Crippen LogP) is 12.3. The first-order chi connectivity index (χ1) is 25.7. The summed E-state index contributed by atoms with van der Waals surface area (Å²) in [4.78, 5) is 14.6. The molecule has 0 unspecified atom stereocenters. The third kappa shape index (κ3) is 5.76. The Morgan fingerprint density at radius 1 is 0.519 bits per heavy atom. The summed E-state index contributed by atoms with van der Waals surface area (Å²) in [7, 11) is 0. The quantitative estimate of drug-likeness (QED) is 0.129. The van der Waals surface area contributed by atoms with Crippen LogP contribution in [0.5, 0.6) is 0 Å². The van der Waals surface area contributed by atoms with Crippen molar-refractivity contribution in [2.45, 2.75) is 6.54 Å². The number of benzene rings is 8. The van der Waals surface area contributed by atoms with Gasteiger partial charge in [0.1, 0.15) is 11.2 Å². The monoisotopic (exact) mass is 667 g/mol. The highest BCUT2D eigenvalue weighted by Gasteiger charge is 2.20. The number of fused-ring (bicyclic) bond motifs is 5. The number of furan rings is 1. The van der Waals surface area contributed by atoms with Gasteiger partial charge in [0.25, 0.3) is 0 Å². The van der Waals surface area contributed by atoms with E-state index in [1.807, 2.05) is 48.5 Å². The average molecular weight is 668 g/mol. The largest absolute Gasteiger partial charge is 0.455 e. The molecule has 0 bridgehead atoms. The summed E-state index contributed by atoms with van der Waals surface area (Å²) >= 11 is 0. The summed E-state index contributed by atoms with van der Waals surface area (Å²) in [5, 5.41) is 6.65. The van der Waals surface area contributed by atoms with Crippen LogP contribution in [0.3, 0.4) is 0 Å². The summed E-state index contributed by atoms with van der Waals surface area (Å²) in [6, 6.07) is 60.8. The van der Waals surface area contributed by atoms with Crippen LogP contribution in [0.4, 0.5) is 0 Å². The van der Waals surface area contributed by atoms with E-state index in [-0.39, 0.29) is 0 Å². The van der Waals surface area contributed by atoms with Crippen molar-refractivity contribution < 1.29 is 4.42 Å². The van der Waals surface area contributed by atoms with Crippen LogP contribution in [-0.2, 0) is 6.54 Å². The first-order valence-corrected chi connectivity index (χ1v) is 17.4. The molecule has 0 radical (unpaired) electrons. The molecule has 0 saturated heterocycles. The van der Waals surface area contributed by atoms with E-state index in [4.69, 9.17) is 14.4 Å². The summed E-state index contributed by atoms with van der Waals surface area (Å²) in [5.74, 6) is 1.07. The Hall–Kier alpha value is -6.91. The zero-order chi connectivity index (χ0) is 34.9. The number of hydrogen-bond acceptors (Lipinski definition) is 2. The molecule has 9 aromatic rings. The zero-order valence-electron chi connectivity index (χ0n) is 28.4. The summed E-state index contributed by atoms with van der Waals surface area (Å²) in [6.45, 7) is 4.49. The van der Waals surface area contributed by atoms with Gasteiger partial charge in [-0.2, -0.15) is 0 Å². The Kier molecular flexibility index (Phi) is 8.03. The Bertz CT molecular complexity index is 2810. The molecule has 4 heteroatoms. The minimum atomic E-state index is 0.481. The molecule has 0 aliphatic carbocycles. The van der Waals surface area contributed by atoms with Gasteiger partial charge in [-0.1, -0.05) is 152 Å². The van der Waals surface area contributed by atoms with Crippen LogP contribution in [0, 0.1) is 0 Å². The molecular weight excluding hydrogens is 635 g/mol. The lowest BCUT2D eigenvalue weighted by Crippen LogP contribution is -2.06. The molecule has 0 atom stereocenters. The molecular formula is C48H33N3O. The highest BCUT2D eigenvalue weighted by atomic mass is 16.3. The van der Waals surface area contributed by atoms with Gasteiger partial charge in [-0.05, 0) is 74.8 Å². The van der Waals surface area contributed by atoms with Crippen LogP contribution in [-0.4, -0.2) is 18.4 Å². The van der Waals surface area contributed by atoms with E-state index in [2.05, 4.69) is 139 Å². The van der Waals surface area contributed by atoms with E-state index in [1.165, 1.54) is 16.3 Å². The van der Waals surface area contributed by atoms with Gasteiger partial charge in [0.15, 0.2) is 11.7 Å². The molecule has 0 amide bonds. The number of rotatable bonds is 6. The fraction of sp³-hybridized carbons (Fsp3) is 0.0208. The van der Waals surface area contributed by atoms with E-state index in [0.717, 1.165) is 66.1 Å². The van der Waals surface area contributed by atoms with Gasteiger partial charge in [0.05, 0.1) is 6.54 Å². The summed E-state index contributed by atoms with van der Waals surface area (Å²) in [5.41, 5.74) is 8.85. The van der Waals surface area contributed by atoms with Crippen molar-refractivity contribution in [2.75, 3.05) is 0 Å². The van der Waals surface area contributed by atoms with Crippen molar-refractivity contribution in [1.82, 2.24) is 0 Å². The minimum Gasteiger partial charge on any atom is -0.455 e. The maximum Gasteiger partial charge on any atom is 0.161 e. The number of amidine groups is 2. The van der Waals surface area contributed by atoms with Crippen molar-refractivity contribution in [3.63, 3.8) is 0 Å². The second kappa shape index (κ2) is 13.4. The molecule has 8 aromatic carbocycles. The van der Waals surface area contributed by atoms with Crippen LogP contribution < -0.4 is 0 Å². The molecule has 246 valence electrons. The Morgan fingerprint density at radius 2 is 1.15 bits per heavy atom. The lowest BCUT2D eigenvalue weighted by molar-refractivity contribution is 0.670. The van der Waals surface area contributed by atoms with Crippen molar-refractivity contribution in [2.24, 2.45) is 15.0 Å². The number of nitrogens with zero attached hydrogens (tertiary/aromatic N) is 3. The van der Waals surface area contributed by atoms with Crippen molar-refractivity contribution >= 4 is 61.9 Å². The Labute approximate surface area is 301 Å². The molecule has 1 aromatic heterocycles. The first-order valence-electron chi connectivity index (χ1n) is 17.4. The molecule has 0 N–H and O–H groups in total. The molecule has 0 aliphatic rings. The maximum atomic E-state index is 6.80. The highest BCUT2D eigenvalue weighted by molar-refractivity contribution is 6.24. The second-order valence-electron chi connectivity index (χ2n) is 12.9. The Balaban J connectivity index is 1.22. The lowest BCUT2D eigenvalue weighted by Gasteiger charge is -2.11. The fourth-order valence-corrected chi connectivity index (χ4v) is 7.09. The van der Waals surface area contributed by atoms with Crippen LogP contribution in [0.1, 0.15) is 16.7 Å². The number of hydrogen-bond donors (Lipinski definition) is 0. The van der Waals surface area contributed by atoms with Crippen LogP contribution in [0.2, 0.25) is 0 Å². The topological polar surface area (TPSA) is 50.2 Å². The molecule has 0 saturated carbocycles. The lowest BCUT2D eigenvalue weighted by atomic mass is 9.94. The van der Waals surface area contributed by atoms with Gasteiger partial charge in [-0.3, -0.25) is 4.99 Å². The van der Waals surface area contributed by atoms with E-state index in [0.29, 0.717) is 18.2 Å². The second-order valence-corrected chi connectivity index (χ2v) is 12.9. The average Bonchev–Trinajstić information content (AvgIpc) is 3.59. The van der Waals surface area contributed by atoms with Crippen LogP contribution in [0.15, 0.2) is 195 Å². The Morgan fingerprint density at radius 3 is 1.90 bits per heavy atom. The molecule has 9 rings (SSSR count). The maximum absolute atomic E-state index is 6.80. The predicted molar refractivity (Wildman–Crippen MR) is 219 cm³/mol. The molecule has 0 aliphatic heterocycles. The van der Waals surface area contributed by atoms with Crippen LogP contribution >= 0.6 is 0 Å². The smallest absolute Gasteiger partial charge is 0.161 e. The summed E-state index contributed by atoms with van der Waals surface area (Å²) < 4.78 is 6.80. The van der Waals surface area contributed by atoms with E-state index in [9.17, 15) is 0 Å². The van der Waals surface area contributed by atoms with E-state index in [1.54, 1.807) is 0 Å². The zero-order valence-corrected chi connectivity index (χ0v) is 28.4. The van der Waals surface area contributed by atoms with Crippen molar-refractivity contribution in [1.29, 1.82) is 0 Å². The number of aliphatic imine (C=N–C) groups is 3. The van der Waals surface area contributed by atoms with Crippen molar-refractivity contribution in [3.05, 3.63) is 193 Å². The molecule has 0 fully saturated rings. The summed E-state index contributed by atoms with van der Waals surface area (Å²) in [6.07, 6.45) is 0. The van der Waals surface area contributed by atoms with Gasteiger partial charge in [-0.15, -0.1) is 0 Å². The third-order valence-corrected chi connectivity index (χ3v) is 9.67. The molecule has 52 heavy (non-hydrogen) atoms. The van der Waals surface area contributed by atoms with E-state index >= 15 is 0 Å². The first kappa shape index (κ1) is 31.1. The molecule has 1 heterocycles. The van der Waals surface area contributed by atoms with Crippen molar-refractivity contribution in [3.8, 4) is 22.3 Å². The molecule has 0 spiro atoms. The highest BCUT2D eigenvalue weighted by Crippen LogP contribution is 2.41. The van der Waals surface area contributed by atoms with Gasteiger partial charge >= 0.3 is 0 Å². The standard InChI is InChI=1S/C48H33N3O/c1-49-48(51-47(36-16-6-3-7-17-36)50-31-32-13-4-2-5-14-32)42-28-27-41(46-45(42)43-29-37-18-8-9-19-38(37)30-44(43)52-46)35-25-23-34(24-26-35)40-22-12-20-33-15-10-11-21-39(33)40/h2-30H,1,31H2. The van der Waals surface area contributed by atoms with Gasteiger partial charge < -0.3 is 4.42 Å². The fourth-order valence-electron chi connectivity index (χ4n) is 7.09. The normalized spacial score (nSPS) is 12.2. The van der Waals surface area contributed by atoms with Gasteiger partial charge in [0.2, 0.25) is 0 Å². The molecule has 4 nitrogen and oxygen atoms in total. The van der Waals surface area contributed by atoms with Gasteiger partial charge in [0, 0.05) is 27.5 Å². The SMILES string of the molecule is C=NC(=NC(=NCc1ccccc1)c1ccccc1)c1ccc(-c2ccc(-c3cccc4ccccc34)cc2)c2oc3cc4ccccc4cc3c12. The third-order valence-electron chi connectivity index (χ3n) is 9.67.